The Bertz CT molecular complexity index is 1820. The Hall–Kier alpha value is -3.50. The van der Waals surface area contributed by atoms with Crippen LogP contribution in [-0.2, 0) is 5.75 Å². The van der Waals surface area contributed by atoms with E-state index in [9.17, 15) is 0 Å². The summed E-state index contributed by atoms with van der Waals surface area (Å²) in [5, 5.41) is 2.31. The number of nitrogens with zero attached hydrogens (tertiary/aromatic N) is 3. The molecule has 0 saturated carbocycles. The number of hydrogen-bond acceptors (Lipinski definition) is 2. The van der Waals surface area contributed by atoms with Crippen molar-refractivity contribution >= 4 is 44.6 Å². The fraction of sp³-hybridized carbons (Fsp3) is 0.0385. The summed E-state index contributed by atoms with van der Waals surface area (Å²) in [5.74, 6) is 0.825. The van der Waals surface area contributed by atoms with Gasteiger partial charge in [0.15, 0.2) is 5.16 Å². The molecule has 0 aliphatic carbocycles. The number of aromatic nitrogens is 3. The van der Waals surface area contributed by atoms with E-state index in [1.807, 2.05) is 53.1 Å². The van der Waals surface area contributed by atoms with Crippen LogP contribution in [0.3, 0.4) is 0 Å². The van der Waals surface area contributed by atoms with Gasteiger partial charge in [-0.2, -0.15) is 0 Å². The number of hydrogen-bond donors (Lipinski definition) is 0. The highest BCUT2D eigenvalue weighted by Gasteiger charge is 2.22. The van der Waals surface area contributed by atoms with Crippen LogP contribution in [0.15, 0.2) is 96.1 Å². The Balaban J connectivity index is 1.60. The topological polar surface area (TPSA) is 22.8 Å². The highest BCUT2D eigenvalue weighted by atomic mass is 32.2. The number of thioether (sulfide) groups is 1. The van der Waals surface area contributed by atoms with Crippen LogP contribution < -0.4 is 0 Å². The number of para-hydroxylation sites is 4. The summed E-state index contributed by atoms with van der Waals surface area (Å²) in [4.78, 5) is 4.81. The lowest BCUT2D eigenvalue weighted by Crippen LogP contribution is -2.07. The standard InChI is InChI=1S/C26H17N3S/c1-4-10-22-19(7-1)20-8-2-5-11-23(20)28(22)18-14-13-17-16-30-26-27-21-9-3-6-12-24(21)29(26)25(17)15-18/h1-15H,16H2/i1D,4D,7D,10D. The SMILES string of the molecule is [2H]c1c([2H])c([2H])c2c(c1[2H])c1ccccc1n2-c1ccc2c(c1)-n1c(nc3ccccc31)SC2. The van der Waals surface area contributed by atoms with Crippen LogP contribution in [-0.4, -0.2) is 14.1 Å². The van der Waals surface area contributed by atoms with Crippen LogP contribution in [0, 0.1) is 0 Å². The van der Waals surface area contributed by atoms with Crippen LogP contribution in [0.2, 0.25) is 0 Å². The predicted octanol–water partition coefficient (Wildman–Crippen LogP) is 6.73. The van der Waals surface area contributed by atoms with Crippen LogP contribution >= 0.6 is 11.8 Å². The van der Waals surface area contributed by atoms with Crippen LogP contribution in [0.5, 0.6) is 0 Å². The number of benzene rings is 4. The van der Waals surface area contributed by atoms with Gasteiger partial charge < -0.3 is 4.57 Å². The first-order valence-corrected chi connectivity index (χ1v) is 10.8. The average molecular weight is 408 g/mol. The zero-order valence-electron chi connectivity index (χ0n) is 19.8. The van der Waals surface area contributed by atoms with Crippen LogP contribution in [0.25, 0.3) is 44.2 Å². The van der Waals surface area contributed by atoms with Crippen molar-refractivity contribution in [1.29, 1.82) is 0 Å². The van der Waals surface area contributed by atoms with E-state index < -0.39 is 0 Å². The third kappa shape index (κ3) is 2.14. The first-order valence-electron chi connectivity index (χ1n) is 11.8. The average Bonchev–Trinajstić information content (AvgIpc) is 3.42. The zero-order valence-corrected chi connectivity index (χ0v) is 16.6. The van der Waals surface area contributed by atoms with Crippen molar-refractivity contribution in [3.63, 3.8) is 0 Å². The van der Waals surface area contributed by atoms with Crippen molar-refractivity contribution in [2.45, 2.75) is 10.9 Å². The summed E-state index contributed by atoms with van der Waals surface area (Å²) in [6, 6.07) is 21.6. The molecule has 142 valence electrons. The molecule has 3 nitrogen and oxygen atoms in total. The molecule has 1 aliphatic rings. The third-order valence-electron chi connectivity index (χ3n) is 5.76. The van der Waals surface area contributed by atoms with Crippen molar-refractivity contribution < 1.29 is 5.48 Å². The minimum absolute atomic E-state index is 0.0109. The first kappa shape index (κ1) is 12.9. The van der Waals surface area contributed by atoms with E-state index >= 15 is 0 Å². The number of fused-ring (bicyclic) bond motifs is 8. The quantitative estimate of drug-likeness (QED) is 0.302. The molecule has 0 amide bonds. The van der Waals surface area contributed by atoms with Gasteiger partial charge in [-0.05, 0) is 41.9 Å². The van der Waals surface area contributed by atoms with Crippen molar-refractivity contribution in [2.75, 3.05) is 0 Å². The van der Waals surface area contributed by atoms with E-state index in [4.69, 9.17) is 10.5 Å². The molecule has 0 spiro atoms. The second-order valence-electron chi connectivity index (χ2n) is 7.40. The smallest absolute Gasteiger partial charge is 0.174 e. The van der Waals surface area contributed by atoms with Crippen LogP contribution in [0.4, 0.5) is 0 Å². The van der Waals surface area contributed by atoms with Gasteiger partial charge in [0.25, 0.3) is 0 Å². The summed E-state index contributed by atoms with van der Waals surface area (Å²) < 4.78 is 37.9. The van der Waals surface area contributed by atoms with Gasteiger partial charge in [-0.15, -0.1) is 0 Å². The molecule has 7 rings (SSSR count). The van der Waals surface area contributed by atoms with Crippen LogP contribution in [0.1, 0.15) is 11.0 Å². The van der Waals surface area contributed by atoms with E-state index in [1.54, 1.807) is 11.8 Å². The molecule has 0 atom stereocenters. The molecular formula is C26H17N3S. The maximum Gasteiger partial charge on any atom is 0.174 e. The first-order chi connectivity index (χ1) is 16.5. The molecule has 6 aromatic rings. The summed E-state index contributed by atoms with van der Waals surface area (Å²) in [7, 11) is 0. The molecule has 0 radical (unpaired) electrons. The Kier molecular flexibility index (Phi) is 2.59. The molecule has 4 aromatic carbocycles. The molecule has 0 N–H and O–H groups in total. The Labute approximate surface area is 183 Å². The lowest BCUT2D eigenvalue weighted by molar-refractivity contribution is 0.892. The van der Waals surface area contributed by atoms with Gasteiger partial charge in [0.1, 0.15) is 0 Å². The third-order valence-corrected chi connectivity index (χ3v) is 6.75. The van der Waals surface area contributed by atoms with E-state index in [0.717, 1.165) is 44.2 Å². The van der Waals surface area contributed by atoms with Crippen molar-refractivity contribution in [2.24, 2.45) is 0 Å². The van der Waals surface area contributed by atoms with Gasteiger partial charge in [-0.25, -0.2) is 4.98 Å². The van der Waals surface area contributed by atoms with Gasteiger partial charge >= 0.3 is 0 Å². The van der Waals surface area contributed by atoms with Gasteiger partial charge in [-0.1, -0.05) is 66.3 Å². The molecule has 4 heteroatoms. The highest BCUT2D eigenvalue weighted by Crippen LogP contribution is 2.39. The largest absolute Gasteiger partial charge is 0.309 e. The lowest BCUT2D eigenvalue weighted by Gasteiger charge is -2.20. The van der Waals surface area contributed by atoms with E-state index in [0.29, 0.717) is 10.9 Å². The maximum atomic E-state index is 8.71. The summed E-state index contributed by atoms with van der Waals surface area (Å²) in [6.07, 6.45) is 0. The lowest BCUT2D eigenvalue weighted by atomic mass is 10.1. The van der Waals surface area contributed by atoms with E-state index in [2.05, 4.69) is 22.8 Å². The number of rotatable bonds is 1. The molecule has 30 heavy (non-hydrogen) atoms. The predicted molar refractivity (Wildman–Crippen MR) is 125 cm³/mol. The van der Waals surface area contributed by atoms with Crippen molar-refractivity contribution in [1.82, 2.24) is 14.1 Å². The molecule has 0 bridgehead atoms. The van der Waals surface area contributed by atoms with Gasteiger partial charge in [0.05, 0.1) is 33.2 Å². The fourth-order valence-electron chi connectivity index (χ4n) is 4.43. The minimum Gasteiger partial charge on any atom is -0.309 e. The molecule has 3 heterocycles. The van der Waals surface area contributed by atoms with E-state index in [1.165, 1.54) is 5.56 Å². The molecule has 0 fully saturated rings. The summed E-state index contributed by atoms with van der Waals surface area (Å²) >= 11 is 1.72. The maximum absolute atomic E-state index is 8.71. The zero-order chi connectivity index (χ0) is 23.1. The minimum atomic E-state index is -0.223. The Morgan fingerprint density at radius 2 is 1.63 bits per heavy atom. The highest BCUT2D eigenvalue weighted by molar-refractivity contribution is 7.98. The van der Waals surface area contributed by atoms with Gasteiger partial charge in [0, 0.05) is 22.2 Å². The molecule has 1 aliphatic heterocycles. The normalized spacial score (nSPS) is 14.9. The second kappa shape index (κ2) is 6.00. The van der Waals surface area contributed by atoms with Gasteiger partial charge in [0.2, 0.25) is 0 Å². The molecular weight excluding hydrogens is 386 g/mol. The van der Waals surface area contributed by atoms with Crippen molar-refractivity contribution in [3.05, 3.63) is 96.5 Å². The van der Waals surface area contributed by atoms with Gasteiger partial charge in [-0.3, -0.25) is 4.57 Å². The second-order valence-corrected chi connectivity index (χ2v) is 8.34. The fourth-order valence-corrected chi connectivity index (χ4v) is 5.45. The Morgan fingerprint density at radius 1 is 0.800 bits per heavy atom. The summed E-state index contributed by atoms with van der Waals surface area (Å²) in [5.41, 5.74) is 6.45. The monoisotopic (exact) mass is 407 g/mol. The van der Waals surface area contributed by atoms with E-state index in [-0.39, 0.29) is 24.2 Å². The number of imidazole rings is 1. The summed E-state index contributed by atoms with van der Waals surface area (Å²) in [6.45, 7) is 0. The molecule has 0 unspecified atom stereocenters. The Morgan fingerprint density at radius 3 is 2.60 bits per heavy atom. The molecule has 0 saturated heterocycles. The molecule has 2 aromatic heterocycles. The van der Waals surface area contributed by atoms with Crippen molar-refractivity contribution in [3.8, 4) is 11.4 Å².